The number of hydrogen-bond acceptors (Lipinski definition) is 3. The molecule has 0 fully saturated rings. The molecule has 2 aromatic carbocycles. The third-order valence-corrected chi connectivity index (χ3v) is 4.05. The number of carbonyl (C=O) groups excluding carboxylic acids is 2. The lowest BCUT2D eigenvalue weighted by Gasteiger charge is -2.14. The van der Waals surface area contributed by atoms with E-state index in [1.807, 2.05) is 13.8 Å². The molecule has 2 aromatic rings. The summed E-state index contributed by atoms with van der Waals surface area (Å²) in [7, 11) is 0. The Hall–Kier alpha value is -2.87. The van der Waals surface area contributed by atoms with E-state index in [-0.39, 0.29) is 12.1 Å². The van der Waals surface area contributed by atoms with Crippen LogP contribution in [0.3, 0.4) is 0 Å². The fraction of sp³-hybridized carbons (Fsp3) is 0.263. The lowest BCUT2D eigenvalue weighted by molar-refractivity contribution is -0.137. The molecule has 1 unspecified atom stereocenters. The quantitative estimate of drug-likeness (QED) is 0.714. The first-order valence-corrected chi connectivity index (χ1v) is 8.09. The highest BCUT2D eigenvalue weighted by molar-refractivity contribution is 6.39. The Balaban J connectivity index is 1.90. The van der Waals surface area contributed by atoms with Gasteiger partial charge in [-0.2, -0.15) is 13.2 Å². The van der Waals surface area contributed by atoms with Crippen molar-refractivity contribution in [1.82, 2.24) is 5.32 Å². The minimum atomic E-state index is -4.47. The maximum Gasteiger partial charge on any atom is 0.416 e. The van der Waals surface area contributed by atoms with Crippen LogP contribution in [-0.4, -0.2) is 23.5 Å². The number of anilines is 1. The van der Waals surface area contributed by atoms with Gasteiger partial charge in [0.15, 0.2) is 0 Å². The summed E-state index contributed by atoms with van der Waals surface area (Å²) in [4.78, 5) is 23.7. The van der Waals surface area contributed by atoms with E-state index in [0.29, 0.717) is 5.69 Å². The van der Waals surface area contributed by atoms with Gasteiger partial charge in [0.05, 0.1) is 11.7 Å². The standard InChI is InChI=1S/C19H19F3N2O3/c1-11-3-8-15(9-12(11)2)24-18(27)17(26)23-10-16(25)13-4-6-14(7-5-13)19(20,21)22/h3-9,16,25H,10H2,1-2H3,(H,23,26)(H,24,27). The van der Waals surface area contributed by atoms with E-state index in [1.165, 1.54) is 0 Å². The van der Waals surface area contributed by atoms with Gasteiger partial charge in [-0.15, -0.1) is 0 Å². The largest absolute Gasteiger partial charge is 0.416 e. The summed E-state index contributed by atoms with van der Waals surface area (Å²) in [6.45, 7) is 3.46. The first-order chi connectivity index (χ1) is 12.6. The topological polar surface area (TPSA) is 78.4 Å². The fourth-order valence-electron chi connectivity index (χ4n) is 2.29. The SMILES string of the molecule is Cc1ccc(NC(=O)C(=O)NCC(O)c2ccc(C(F)(F)F)cc2)cc1C. The van der Waals surface area contributed by atoms with Crippen LogP contribution in [0.15, 0.2) is 42.5 Å². The minimum absolute atomic E-state index is 0.192. The molecule has 8 heteroatoms. The molecule has 0 saturated heterocycles. The van der Waals surface area contributed by atoms with Crippen LogP contribution in [0.25, 0.3) is 0 Å². The Morgan fingerprint density at radius 3 is 2.19 bits per heavy atom. The van der Waals surface area contributed by atoms with Gasteiger partial charge in [0.2, 0.25) is 0 Å². The Bertz CT molecular complexity index is 833. The molecule has 0 aromatic heterocycles. The van der Waals surface area contributed by atoms with Crippen molar-refractivity contribution in [2.24, 2.45) is 0 Å². The second kappa shape index (κ2) is 8.22. The highest BCUT2D eigenvalue weighted by Crippen LogP contribution is 2.29. The van der Waals surface area contributed by atoms with Crippen molar-refractivity contribution in [3.63, 3.8) is 0 Å². The first-order valence-electron chi connectivity index (χ1n) is 8.09. The van der Waals surface area contributed by atoms with Crippen LogP contribution in [0.2, 0.25) is 0 Å². The van der Waals surface area contributed by atoms with E-state index in [4.69, 9.17) is 0 Å². The molecular formula is C19H19F3N2O3. The zero-order valence-corrected chi connectivity index (χ0v) is 14.7. The summed E-state index contributed by atoms with van der Waals surface area (Å²) >= 11 is 0. The molecule has 0 saturated carbocycles. The second-order valence-corrected chi connectivity index (χ2v) is 6.10. The minimum Gasteiger partial charge on any atom is -0.387 e. The van der Waals surface area contributed by atoms with Crippen LogP contribution < -0.4 is 10.6 Å². The molecule has 3 N–H and O–H groups in total. The lowest BCUT2D eigenvalue weighted by atomic mass is 10.1. The number of halogens is 3. The van der Waals surface area contributed by atoms with Gasteiger partial charge in [-0.3, -0.25) is 9.59 Å². The number of aryl methyl sites for hydroxylation is 2. The number of nitrogens with one attached hydrogen (secondary N) is 2. The van der Waals surface area contributed by atoms with Crippen molar-refractivity contribution in [1.29, 1.82) is 0 Å². The summed E-state index contributed by atoms with van der Waals surface area (Å²) in [5.74, 6) is -1.86. The van der Waals surface area contributed by atoms with Gasteiger partial charge in [-0.05, 0) is 54.8 Å². The first kappa shape index (κ1) is 20.4. The van der Waals surface area contributed by atoms with Crippen molar-refractivity contribution >= 4 is 17.5 Å². The highest BCUT2D eigenvalue weighted by Gasteiger charge is 2.30. The zero-order chi connectivity index (χ0) is 20.2. The number of benzene rings is 2. The number of alkyl halides is 3. The van der Waals surface area contributed by atoms with Crippen LogP contribution in [0.1, 0.15) is 28.4 Å². The number of aliphatic hydroxyl groups excluding tert-OH is 1. The molecule has 5 nitrogen and oxygen atoms in total. The summed E-state index contributed by atoms with van der Waals surface area (Å²) in [5, 5.41) is 14.7. The molecule has 0 radical (unpaired) electrons. The lowest BCUT2D eigenvalue weighted by Crippen LogP contribution is -2.37. The monoisotopic (exact) mass is 380 g/mol. The van der Waals surface area contributed by atoms with E-state index in [0.717, 1.165) is 35.4 Å². The molecule has 144 valence electrons. The van der Waals surface area contributed by atoms with Gasteiger partial charge < -0.3 is 15.7 Å². The van der Waals surface area contributed by atoms with E-state index < -0.39 is 29.7 Å². The molecular weight excluding hydrogens is 361 g/mol. The van der Waals surface area contributed by atoms with Crippen molar-refractivity contribution < 1.29 is 27.9 Å². The average molecular weight is 380 g/mol. The molecule has 0 aliphatic rings. The van der Waals surface area contributed by atoms with Gasteiger partial charge in [-0.25, -0.2) is 0 Å². The third kappa shape index (κ3) is 5.55. The van der Waals surface area contributed by atoms with Crippen LogP contribution in [-0.2, 0) is 15.8 Å². The Morgan fingerprint density at radius 1 is 1.00 bits per heavy atom. The number of hydrogen-bond donors (Lipinski definition) is 3. The van der Waals surface area contributed by atoms with Crippen molar-refractivity contribution in [2.45, 2.75) is 26.1 Å². The molecule has 2 rings (SSSR count). The Kier molecular flexibility index (Phi) is 6.22. The fourth-order valence-corrected chi connectivity index (χ4v) is 2.29. The molecule has 0 aliphatic carbocycles. The normalized spacial score (nSPS) is 12.4. The van der Waals surface area contributed by atoms with E-state index >= 15 is 0 Å². The number of carbonyl (C=O) groups is 2. The van der Waals surface area contributed by atoms with Gasteiger partial charge in [0.25, 0.3) is 0 Å². The summed E-state index contributed by atoms with van der Waals surface area (Å²) in [6.07, 6.45) is -5.71. The molecule has 0 bridgehead atoms. The highest BCUT2D eigenvalue weighted by atomic mass is 19.4. The summed E-state index contributed by atoms with van der Waals surface area (Å²) in [5.41, 5.74) is 1.80. The molecule has 1 atom stereocenters. The number of aliphatic hydroxyl groups is 1. The van der Waals surface area contributed by atoms with Crippen LogP contribution in [0.4, 0.5) is 18.9 Å². The molecule has 27 heavy (non-hydrogen) atoms. The molecule has 0 aliphatic heterocycles. The Labute approximate surface area is 154 Å². The molecule has 0 heterocycles. The van der Waals surface area contributed by atoms with Gasteiger partial charge >= 0.3 is 18.0 Å². The van der Waals surface area contributed by atoms with Crippen molar-refractivity contribution in [3.05, 3.63) is 64.7 Å². The third-order valence-electron chi connectivity index (χ3n) is 4.05. The van der Waals surface area contributed by atoms with E-state index in [9.17, 15) is 27.9 Å². The number of amides is 2. The van der Waals surface area contributed by atoms with Crippen molar-refractivity contribution in [2.75, 3.05) is 11.9 Å². The van der Waals surface area contributed by atoms with E-state index in [1.54, 1.807) is 18.2 Å². The van der Waals surface area contributed by atoms with E-state index in [2.05, 4.69) is 10.6 Å². The molecule has 2 amide bonds. The smallest absolute Gasteiger partial charge is 0.387 e. The maximum atomic E-state index is 12.5. The summed E-state index contributed by atoms with van der Waals surface area (Å²) in [6, 6.07) is 9.10. The zero-order valence-electron chi connectivity index (χ0n) is 14.7. The van der Waals surface area contributed by atoms with Gasteiger partial charge in [-0.1, -0.05) is 18.2 Å². The Morgan fingerprint density at radius 2 is 1.63 bits per heavy atom. The van der Waals surface area contributed by atoms with Crippen LogP contribution in [0.5, 0.6) is 0 Å². The molecule has 0 spiro atoms. The van der Waals surface area contributed by atoms with Gasteiger partial charge in [0, 0.05) is 12.2 Å². The average Bonchev–Trinajstić information content (AvgIpc) is 2.61. The number of rotatable bonds is 4. The maximum absolute atomic E-state index is 12.5. The predicted octanol–water partition coefficient (Wildman–Crippen LogP) is 3.11. The van der Waals surface area contributed by atoms with Crippen molar-refractivity contribution in [3.8, 4) is 0 Å². The van der Waals surface area contributed by atoms with Crippen LogP contribution >= 0.6 is 0 Å². The van der Waals surface area contributed by atoms with Crippen LogP contribution in [0, 0.1) is 13.8 Å². The predicted molar refractivity (Wildman–Crippen MR) is 94.0 cm³/mol. The summed E-state index contributed by atoms with van der Waals surface area (Å²) < 4.78 is 37.6. The van der Waals surface area contributed by atoms with Gasteiger partial charge in [0.1, 0.15) is 0 Å². The second-order valence-electron chi connectivity index (χ2n) is 6.10.